The molecule has 7 heteroatoms. The van der Waals surface area contributed by atoms with E-state index in [-0.39, 0.29) is 24.0 Å². The first-order valence-electron chi connectivity index (χ1n) is 9.78. The predicted octanol–water partition coefficient (Wildman–Crippen LogP) is 3.89. The van der Waals surface area contributed by atoms with Crippen LogP contribution >= 0.6 is 35.7 Å². The highest BCUT2D eigenvalue weighted by atomic mass is 127. The lowest BCUT2D eigenvalue weighted by atomic mass is 10.1. The Bertz CT molecular complexity index is 731. The third-order valence-electron chi connectivity index (χ3n) is 5.04. The van der Waals surface area contributed by atoms with Crippen LogP contribution in [0, 0.1) is 5.92 Å². The molecule has 0 radical (unpaired) electrons. The zero-order valence-corrected chi connectivity index (χ0v) is 20.2. The highest BCUT2D eigenvalue weighted by molar-refractivity contribution is 14.0. The molecule has 1 aromatic carbocycles. The number of aryl methyl sites for hydroxylation is 2. The molecule has 1 saturated heterocycles. The lowest BCUT2D eigenvalue weighted by molar-refractivity contribution is 0.380. The Labute approximate surface area is 190 Å². The third-order valence-corrected chi connectivity index (χ3v) is 6.58. The van der Waals surface area contributed by atoms with Gasteiger partial charge >= 0.3 is 0 Å². The Morgan fingerprint density at radius 2 is 2.11 bits per heavy atom. The quantitative estimate of drug-likeness (QED) is 0.362. The smallest absolute Gasteiger partial charge is 0.194 e. The Hall–Kier alpha value is -1.22. The van der Waals surface area contributed by atoms with Gasteiger partial charge in [-0.05, 0) is 17.9 Å². The number of nitrogens with zero attached hydrogens (tertiary/aromatic N) is 4. The van der Waals surface area contributed by atoms with Crippen molar-refractivity contribution in [2.24, 2.45) is 10.9 Å². The number of hydrogen-bond donors (Lipinski definition) is 1. The van der Waals surface area contributed by atoms with Gasteiger partial charge in [0.2, 0.25) is 0 Å². The second-order valence-corrected chi connectivity index (χ2v) is 8.62. The van der Waals surface area contributed by atoms with Gasteiger partial charge in [-0.25, -0.2) is 4.98 Å². The first kappa shape index (κ1) is 23.1. The zero-order chi connectivity index (χ0) is 19.1. The topological polar surface area (TPSA) is 45.5 Å². The van der Waals surface area contributed by atoms with Crippen molar-refractivity contribution in [1.29, 1.82) is 0 Å². The van der Waals surface area contributed by atoms with Crippen LogP contribution in [0.5, 0.6) is 0 Å². The fourth-order valence-corrected chi connectivity index (χ4v) is 4.67. The highest BCUT2D eigenvalue weighted by Crippen LogP contribution is 2.24. The van der Waals surface area contributed by atoms with Gasteiger partial charge in [0.25, 0.3) is 0 Å². The minimum Gasteiger partial charge on any atom is -0.349 e. The molecule has 28 heavy (non-hydrogen) atoms. The van der Waals surface area contributed by atoms with E-state index in [1.165, 1.54) is 5.56 Å². The summed E-state index contributed by atoms with van der Waals surface area (Å²) in [5.74, 6) is 3.89. The number of thioether (sulfide) groups is 1. The van der Waals surface area contributed by atoms with E-state index in [9.17, 15) is 0 Å². The average Bonchev–Trinajstić information content (AvgIpc) is 3.15. The SMILES string of the molecule is CN=C(NCc1nccn1CCc1ccccc1)N1CCSC(C(C)C)C1.I. The van der Waals surface area contributed by atoms with E-state index in [0.29, 0.717) is 17.7 Å². The van der Waals surface area contributed by atoms with E-state index < -0.39 is 0 Å². The molecule has 0 spiro atoms. The zero-order valence-electron chi connectivity index (χ0n) is 17.0. The van der Waals surface area contributed by atoms with Gasteiger partial charge < -0.3 is 14.8 Å². The van der Waals surface area contributed by atoms with Crippen molar-refractivity contribution in [2.75, 3.05) is 25.9 Å². The van der Waals surface area contributed by atoms with Crippen LogP contribution in [0.1, 0.15) is 25.2 Å². The van der Waals surface area contributed by atoms with Crippen LogP contribution in [0.2, 0.25) is 0 Å². The van der Waals surface area contributed by atoms with Crippen LogP contribution < -0.4 is 5.32 Å². The van der Waals surface area contributed by atoms with Gasteiger partial charge in [-0.1, -0.05) is 44.2 Å². The van der Waals surface area contributed by atoms with E-state index in [2.05, 4.69) is 86.9 Å². The van der Waals surface area contributed by atoms with Crippen molar-refractivity contribution in [1.82, 2.24) is 19.8 Å². The van der Waals surface area contributed by atoms with Crippen molar-refractivity contribution >= 4 is 41.7 Å². The number of aliphatic imine (C=N–C) groups is 1. The minimum absolute atomic E-state index is 0. The van der Waals surface area contributed by atoms with Gasteiger partial charge in [0, 0.05) is 50.1 Å². The van der Waals surface area contributed by atoms with Crippen LogP contribution in [-0.4, -0.2) is 51.6 Å². The number of hydrogen-bond acceptors (Lipinski definition) is 3. The number of benzene rings is 1. The lowest BCUT2D eigenvalue weighted by Gasteiger charge is -2.36. The molecule has 3 rings (SSSR count). The molecule has 1 aliphatic heterocycles. The summed E-state index contributed by atoms with van der Waals surface area (Å²) in [7, 11) is 1.87. The van der Waals surface area contributed by atoms with Crippen molar-refractivity contribution in [3.05, 3.63) is 54.1 Å². The molecule has 1 atom stereocenters. The van der Waals surface area contributed by atoms with Gasteiger partial charge in [0.15, 0.2) is 5.96 Å². The van der Waals surface area contributed by atoms with E-state index >= 15 is 0 Å². The number of halogens is 1. The molecule has 1 N–H and O–H groups in total. The maximum Gasteiger partial charge on any atom is 0.194 e. The van der Waals surface area contributed by atoms with Gasteiger partial charge in [0.05, 0.1) is 6.54 Å². The van der Waals surface area contributed by atoms with Crippen molar-refractivity contribution in [3.8, 4) is 0 Å². The predicted molar refractivity (Wildman–Crippen MR) is 131 cm³/mol. The van der Waals surface area contributed by atoms with E-state index in [1.807, 2.05) is 13.2 Å². The monoisotopic (exact) mass is 513 g/mol. The van der Waals surface area contributed by atoms with Crippen molar-refractivity contribution in [2.45, 2.75) is 38.6 Å². The molecule has 154 valence electrons. The van der Waals surface area contributed by atoms with E-state index in [1.54, 1.807) is 0 Å². The maximum atomic E-state index is 4.55. The molecule has 1 aromatic heterocycles. The van der Waals surface area contributed by atoms with Crippen molar-refractivity contribution in [3.63, 3.8) is 0 Å². The molecule has 1 fully saturated rings. The van der Waals surface area contributed by atoms with Crippen LogP contribution in [0.25, 0.3) is 0 Å². The highest BCUT2D eigenvalue weighted by Gasteiger charge is 2.24. The first-order chi connectivity index (χ1) is 13.2. The summed E-state index contributed by atoms with van der Waals surface area (Å²) in [5.41, 5.74) is 1.35. The minimum atomic E-state index is 0. The Morgan fingerprint density at radius 1 is 1.32 bits per heavy atom. The molecule has 5 nitrogen and oxygen atoms in total. The average molecular weight is 513 g/mol. The van der Waals surface area contributed by atoms with Crippen LogP contribution in [0.4, 0.5) is 0 Å². The van der Waals surface area contributed by atoms with Gasteiger partial charge in [0.1, 0.15) is 5.82 Å². The fourth-order valence-electron chi connectivity index (χ4n) is 3.37. The van der Waals surface area contributed by atoms with E-state index in [4.69, 9.17) is 0 Å². The summed E-state index contributed by atoms with van der Waals surface area (Å²) in [6.45, 7) is 8.36. The molecular weight excluding hydrogens is 481 g/mol. The van der Waals surface area contributed by atoms with Gasteiger partial charge in [-0.2, -0.15) is 11.8 Å². The maximum absolute atomic E-state index is 4.55. The first-order valence-corrected chi connectivity index (χ1v) is 10.8. The lowest BCUT2D eigenvalue weighted by Crippen LogP contribution is -2.49. The second kappa shape index (κ2) is 11.7. The largest absolute Gasteiger partial charge is 0.349 e. The number of rotatable bonds is 6. The standard InChI is InChI=1S/C21H31N5S.HI/c1-17(2)19-16-26(13-14-27-19)21(22-3)24-15-20-23-10-12-25(20)11-9-18-7-5-4-6-8-18;/h4-8,10,12,17,19H,9,11,13-16H2,1-3H3,(H,22,24);1H. The fraction of sp³-hybridized carbons (Fsp3) is 0.524. The summed E-state index contributed by atoms with van der Waals surface area (Å²) >= 11 is 2.08. The van der Waals surface area contributed by atoms with Gasteiger partial charge in [-0.3, -0.25) is 4.99 Å². The molecule has 1 aliphatic rings. The normalized spacial score (nSPS) is 17.5. The van der Waals surface area contributed by atoms with Crippen molar-refractivity contribution < 1.29 is 0 Å². The number of nitrogens with one attached hydrogen (secondary N) is 1. The summed E-state index contributed by atoms with van der Waals surface area (Å²) in [6.07, 6.45) is 4.96. The van der Waals surface area contributed by atoms with Gasteiger partial charge in [-0.15, -0.1) is 24.0 Å². The van der Waals surface area contributed by atoms with E-state index in [0.717, 1.165) is 43.6 Å². The summed E-state index contributed by atoms with van der Waals surface area (Å²) < 4.78 is 2.23. The molecular formula is C21H32IN5S. The molecule has 2 heterocycles. The number of guanidine groups is 1. The molecule has 0 bridgehead atoms. The second-order valence-electron chi connectivity index (χ2n) is 7.27. The summed E-state index contributed by atoms with van der Waals surface area (Å²) in [5, 5.41) is 4.19. The third kappa shape index (κ3) is 6.40. The molecule has 2 aromatic rings. The van der Waals surface area contributed by atoms with Crippen LogP contribution in [-0.2, 0) is 19.5 Å². The Morgan fingerprint density at radius 3 is 2.82 bits per heavy atom. The van der Waals surface area contributed by atoms with Crippen LogP contribution in [0.3, 0.4) is 0 Å². The number of imidazole rings is 1. The number of aromatic nitrogens is 2. The summed E-state index contributed by atoms with van der Waals surface area (Å²) in [4.78, 5) is 11.4. The molecule has 0 saturated carbocycles. The Balaban J connectivity index is 0.00000280. The van der Waals surface area contributed by atoms with Crippen LogP contribution in [0.15, 0.2) is 47.7 Å². The molecule has 1 unspecified atom stereocenters. The molecule has 0 aliphatic carbocycles. The Kier molecular flexibility index (Phi) is 9.64. The molecule has 0 amide bonds. The summed E-state index contributed by atoms with van der Waals surface area (Å²) in [6, 6.07) is 10.6.